The smallest absolute Gasteiger partial charge is 0.141 e. The highest BCUT2D eigenvalue weighted by molar-refractivity contribution is 7.09. The molecule has 0 aliphatic heterocycles. The molecule has 1 atom stereocenters. The van der Waals surface area contributed by atoms with E-state index >= 15 is 0 Å². The number of halogens is 1. The maximum absolute atomic E-state index is 13.3. The molecule has 0 spiro atoms. The minimum atomic E-state index is -0.296. The lowest BCUT2D eigenvalue weighted by Gasteiger charge is -2.17. The monoisotopic (exact) mass is 279 g/mol. The molecule has 3 nitrogen and oxygen atoms in total. The second-order valence-corrected chi connectivity index (χ2v) is 5.57. The Hall–Kier alpha value is -1.33. The van der Waals surface area contributed by atoms with Crippen molar-refractivity contribution in [2.24, 2.45) is 0 Å². The van der Waals surface area contributed by atoms with Gasteiger partial charge in [-0.3, -0.25) is 4.98 Å². The van der Waals surface area contributed by atoms with Crippen LogP contribution in [0.1, 0.15) is 35.7 Å². The van der Waals surface area contributed by atoms with Crippen LogP contribution < -0.4 is 5.32 Å². The summed E-state index contributed by atoms with van der Waals surface area (Å²) < 4.78 is 13.3. The number of thiazole rings is 1. The summed E-state index contributed by atoms with van der Waals surface area (Å²) in [5.74, 6) is -0.296. The molecule has 5 heteroatoms. The van der Waals surface area contributed by atoms with Crippen molar-refractivity contribution in [2.45, 2.75) is 32.7 Å². The van der Waals surface area contributed by atoms with Crippen LogP contribution >= 0.6 is 11.3 Å². The van der Waals surface area contributed by atoms with Crippen LogP contribution in [-0.4, -0.2) is 16.5 Å². The Labute approximate surface area is 116 Å². The highest BCUT2D eigenvalue weighted by atomic mass is 32.1. The summed E-state index contributed by atoms with van der Waals surface area (Å²) in [6.07, 6.45) is 4.74. The lowest BCUT2D eigenvalue weighted by Crippen LogP contribution is -2.24. The molecule has 0 aliphatic rings. The zero-order valence-corrected chi connectivity index (χ0v) is 12.0. The molecule has 0 bridgehead atoms. The molecule has 0 saturated carbocycles. The van der Waals surface area contributed by atoms with Crippen molar-refractivity contribution >= 4 is 11.3 Å². The molecule has 19 heavy (non-hydrogen) atoms. The summed E-state index contributed by atoms with van der Waals surface area (Å²) in [6.45, 7) is 5.00. The fraction of sp³-hybridized carbons (Fsp3) is 0.429. The van der Waals surface area contributed by atoms with E-state index in [9.17, 15) is 4.39 Å². The molecule has 2 aromatic rings. The van der Waals surface area contributed by atoms with Gasteiger partial charge in [-0.1, -0.05) is 6.92 Å². The number of aryl methyl sites for hydroxylation is 1. The van der Waals surface area contributed by atoms with Gasteiger partial charge in [0, 0.05) is 24.0 Å². The van der Waals surface area contributed by atoms with Gasteiger partial charge < -0.3 is 5.32 Å². The van der Waals surface area contributed by atoms with Crippen molar-refractivity contribution in [3.05, 3.63) is 45.9 Å². The molecule has 0 radical (unpaired) electrons. The summed E-state index contributed by atoms with van der Waals surface area (Å²) in [6, 6.07) is 1.60. The maximum Gasteiger partial charge on any atom is 0.141 e. The second kappa shape index (κ2) is 6.73. The van der Waals surface area contributed by atoms with Gasteiger partial charge in [-0.05, 0) is 31.5 Å². The third-order valence-electron chi connectivity index (χ3n) is 2.85. The van der Waals surface area contributed by atoms with Gasteiger partial charge in [0.25, 0.3) is 0 Å². The Morgan fingerprint density at radius 2 is 2.26 bits per heavy atom. The van der Waals surface area contributed by atoms with E-state index in [-0.39, 0.29) is 11.9 Å². The lowest BCUT2D eigenvalue weighted by atomic mass is 10.0. The first-order valence-electron chi connectivity index (χ1n) is 6.44. The topological polar surface area (TPSA) is 37.8 Å². The van der Waals surface area contributed by atoms with Crippen molar-refractivity contribution < 1.29 is 4.39 Å². The Bertz CT molecular complexity index is 527. The predicted molar refractivity (Wildman–Crippen MR) is 75.8 cm³/mol. The van der Waals surface area contributed by atoms with Gasteiger partial charge in [-0.2, -0.15) is 0 Å². The molecule has 2 aromatic heterocycles. The second-order valence-electron chi connectivity index (χ2n) is 4.51. The number of rotatable bonds is 6. The van der Waals surface area contributed by atoms with Crippen LogP contribution in [0.25, 0.3) is 0 Å². The highest BCUT2D eigenvalue weighted by Gasteiger charge is 2.14. The Balaban J connectivity index is 2.15. The molecular weight excluding hydrogens is 261 g/mol. The van der Waals surface area contributed by atoms with E-state index in [1.807, 2.05) is 6.92 Å². The number of hydrogen-bond donors (Lipinski definition) is 1. The minimum absolute atomic E-state index is 0.0599. The maximum atomic E-state index is 13.3. The van der Waals surface area contributed by atoms with Gasteiger partial charge in [0.05, 0.1) is 16.9 Å². The van der Waals surface area contributed by atoms with E-state index < -0.39 is 0 Å². The van der Waals surface area contributed by atoms with Crippen molar-refractivity contribution in [3.8, 4) is 0 Å². The summed E-state index contributed by atoms with van der Waals surface area (Å²) >= 11 is 1.64. The number of nitrogens with zero attached hydrogens (tertiary/aromatic N) is 2. The van der Waals surface area contributed by atoms with Gasteiger partial charge in [0.1, 0.15) is 5.82 Å². The van der Waals surface area contributed by atoms with E-state index in [0.29, 0.717) is 0 Å². The molecule has 2 rings (SSSR count). The van der Waals surface area contributed by atoms with Crippen molar-refractivity contribution in [1.29, 1.82) is 0 Å². The van der Waals surface area contributed by atoms with Gasteiger partial charge >= 0.3 is 0 Å². The molecular formula is C14H18FN3S. The van der Waals surface area contributed by atoms with Crippen LogP contribution in [-0.2, 0) is 6.42 Å². The molecule has 0 aromatic carbocycles. The van der Waals surface area contributed by atoms with E-state index in [0.717, 1.165) is 35.7 Å². The molecule has 0 amide bonds. The van der Waals surface area contributed by atoms with E-state index in [4.69, 9.17) is 0 Å². The van der Waals surface area contributed by atoms with E-state index in [1.54, 1.807) is 23.6 Å². The molecule has 1 N–H and O–H groups in total. The first-order valence-corrected chi connectivity index (χ1v) is 7.32. The summed E-state index contributed by atoms with van der Waals surface area (Å²) in [4.78, 5) is 8.40. The first kappa shape index (κ1) is 14.1. The molecule has 2 heterocycles. The summed E-state index contributed by atoms with van der Waals surface area (Å²) in [5, 5.41) is 6.54. The van der Waals surface area contributed by atoms with Crippen molar-refractivity contribution in [3.63, 3.8) is 0 Å². The number of hydrogen-bond acceptors (Lipinski definition) is 4. The highest BCUT2D eigenvalue weighted by Crippen LogP contribution is 2.20. The van der Waals surface area contributed by atoms with Crippen molar-refractivity contribution in [1.82, 2.24) is 15.3 Å². The van der Waals surface area contributed by atoms with Crippen LogP contribution in [0.2, 0.25) is 0 Å². The first-order chi connectivity index (χ1) is 9.19. The fourth-order valence-corrected chi connectivity index (χ4v) is 2.58. The molecule has 0 saturated heterocycles. The Morgan fingerprint density at radius 3 is 2.89 bits per heavy atom. The van der Waals surface area contributed by atoms with E-state index in [2.05, 4.69) is 27.6 Å². The third-order valence-corrected chi connectivity index (χ3v) is 3.67. The minimum Gasteiger partial charge on any atom is -0.310 e. The molecule has 102 valence electrons. The SMILES string of the molecule is CCCNC(Cc1csc(C)n1)c1cncc(F)c1. The number of aromatic nitrogens is 2. The van der Waals surface area contributed by atoms with Crippen LogP contribution in [0.3, 0.4) is 0 Å². The lowest BCUT2D eigenvalue weighted by molar-refractivity contribution is 0.518. The fourth-order valence-electron chi connectivity index (χ4n) is 1.96. The zero-order valence-electron chi connectivity index (χ0n) is 11.2. The average molecular weight is 279 g/mol. The van der Waals surface area contributed by atoms with Crippen LogP contribution in [0, 0.1) is 12.7 Å². The van der Waals surface area contributed by atoms with E-state index in [1.165, 1.54) is 6.20 Å². The molecule has 0 fully saturated rings. The number of nitrogens with one attached hydrogen (secondary N) is 1. The Kier molecular flexibility index (Phi) is 4.99. The van der Waals surface area contributed by atoms with Crippen LogP contribution in [0.15, 0.2) is 23.8 Å². The summed E-state index contributed by atoms with van der Waals surface area (Å²) in [5.41, 5.74) is 1.92. The Morgan fingerprint density at radius 1 is 1.42 bits per heavy atom. The zero-order chi connectivity index (χ0) is 13.7. The van der Waals surface area contributed by atoms with Gasteiger partial charge in [0.2, 0.25) is 0 Å². The molecule has 1 unspecified atom stereocenters. The standard InChI is InChI=1S/C14H18FN3S/c1-3-4-17-14(6-13-9-19-10(2)18-13)11-5-12(15)8-16-7-11/h5,7-9,14,17H,3-4,6H2,1-2H3. The van der Waals surface area contributed by atoms with Crippen molar-refractivity contribution in [2.75, 3.05) is 6.54 Å². The van der Waals surface area contributed by atoms with Crippen LogP contribution in [0.5, 0.6) is 0 Å². The quantitative estimate of drug-likeness (QED) is 0.882. The van der Waals surface area contributed by atoms with Crippen LogP contribution in [0.4, 0.5) is 4.39 Å². The normalized spacial score (nSPS) is 12.6. The third kappa shape index (κ3) is 4.08. The van der Waals surface area contributed by atoms with Gasteiger partial charge in [0.15, 0.2) is 0 Å². The predicted octanol–water partition coefficient (Wildman–Crippen LogP) is 3.27. The van der Waals surface area contributed by atoms with Gasteiger partial charge in [-0.25, -0.2) is 9.37 Å². The largest absolute Gasteiger partial charge is 0.310 e. The summed E-state index contributed by atoms with van der Waals surface area (Å²) in [7, 11) is 0. The molecule has 0 aliphatic carbocycles. The average Bonchev–Trinajstić information content (AvgIpc) is 2.80. The van der Waals surface area contributed by atoms with Gasteiger partial charge in [-0.15, -0.1) is 11.3 Å². The number of pyridine rings is 1.